The molecule has 2 amide bonds. The van der Waals surface area contributed by atoms with Crippen molar-refractivity contribution >= 4 is 11.8 Å². The van der Waals surface area contributed by atoms with Crippen LogP contribution in [0.2, 0.25) is 0 Å². The second-order valence-corrected chi connectivity index (χ2v) is 4.98. The topological polar surface area (TPSA) is 84.7 Å². The van der Waals surface area contributed by atoms with E-state index in [4.69, 9.17) is 10.5 Å². The number of carbonyl (C=O) groups excluding carboxylic acids is 2. The second kappa shape index (κ2) is 4.62. The summed E-state index contributed by atoms with van der Waals surface area (Å²) in [5.74, 6) is -0.484. The number of nitrogens with one attached hydrogen (secondary N) is 1. The number of morpholine rings is 1. The van der Waals surface area contributed by atoms with Crippen LogP contribution in [-0.4, -0.2) is 55.6 Å². The van der Waals surface area contributed by atoms with E-state index in [1.54, 1.807) is 4.90 Å². The van der Waals surface area contributed by atoms with E-state index in [9.17, 15) is 9.59 Å². The molecular formula is C11H19N3O3. The Morgan fingerprint density at radius 3 is 2.88 bits per heavy atom. The lowest BCUT2D eigenvalue weighted by molar-refractivity contribution is -0.154. The van der Waals surface area contributed by atoms with Gasteiger partial charge >= 0.3 is 0 Å². The number of hydrogen-bond acceptors (Lipinski definition) is 4. The van der Waals surface area contributed by atoms with Crippen LogP contribution in [0.5, 0.6) is 0 Å². The number of primary amides is 1. The normalized spacial score (nSPS) is 33.7. The van der Waals surface area contributed by atoms with Crippen molar-refractivity contribution in [2.45, 2.75) is 19.4 Å². The molecule has 0 bridgehead atoms. The molecule has 2 aliphatic rings. The maximum Gasteiger partial charge on any atom is 0.242 e. The molecule has 0 saturated carbocycles. The zero-order valence-electron chi connectivity index (χ0n) is 10.1. The Hall–Kier alpha value is -1.14. The van der Waals surface area contributed by atoms with E-state index in [0.717, 1.165) is 13.0 Å². The predicted molar refractivity (Wildman–Crippen MR) is 61.1 cm³/mol. The molecule has 6 heteroatoms. The Labute approximate surface area is 100 Å². The summed E-state index contributed by atoms with van der Waals surface area (Å²) < 4.78 is 5.21. The highest BCUT2D eigenvalue weighted by Gasteiger charge is 2.43. The number of rotatable bonds is 2. The zero-order valence-corrected chi connectivity index (χ0v) is 10.1. The highest BCUT2D eigenvalue weighted by molar-refractivity contribution is 5.89. The fraction of sp³-hybridized carbons (Fsp3) is 0.818. The van der Waals surface area contributed by atoms with Crippen molar-refractivity contribution in [3.8, 4) is 0 Å². The van der Waals surface area contributed by atoms with Gasteiger partial charge in [0.2, 0.25) is 11.8 Å². The number of nitrogens with zero attached hydrogens (tertiary/aromatic N) is 1. The standard InChI is InChI=1S/C11H19N3O3/c1-11(2-3-13-7-11)10(16)14-4-5-17-6-8(14)9(12)15/h8,13H,2-7H2,1H3,(H2,12,15). The number of nitrogens with two attached hydrogens (primary N) is 1. The van der Waals surface area contributed by atoms with E-state index >= 15 is 0 Å². The van der Waals surface area contributed by atoms with Gasteiger partial charge in [0.15, 0.2) is 0 Å². The SMILES string of the molecule is CC1(C(=O)N2CCOCC2C(N)=O)CCNC1. The van der Waals surface area contributed by atoms with Crippen molar-refractivity contribution in [1.29, 1.82) is 0 Å². The maximum absolute atomic E-state index is 12.5. The Morgan fingerprint density at radius 1 is 1.53 bits per heavy atom. The molecule has 2 heterocycles. The van der Waals surface area contributed by atoms with Gasteiger partial charge in [-0.05, 0) is 19.9 Å². The zero-order chi connectivity index (χ0) is 12.5. The van der Waals surface area contributed by atoms with Gasteiger partial charge in [0, 0.05) is 13.1 Å². The largest absolute Gasteiger partial charge is 0.377 e. The molecule has 96 valence electrons. The molecule has 2 aliphatic heterocycles. The summed E-state index contributed by atoms with van der Waals surface area (Å²) >= 11 is 0. The van der Waals surface area contributed by atoms with Crippen molar-refractivity contribution in [3.63, 3.8) is 0 Å². The third-order valence-corrected chi connectivity index (χ3v) is 3.60. The van der Waals surface area contributed by atoms with Gasteiger partial charge in [-0.3, -0.25) is 9.59 Å². The summed E-state index contributed by atoms with van der Waals surface area (Å²) in [6.45, 7) is 4.57. The van der Waals surface area contributed by atoms with Crippen LogP contribution in [0.15, 0.2) is 0 Å². The molecule has 6 nitrogen and oxygen atoms in total. The first-order valence-corrected chi connectivity index (χ1v) is 5.93. The van der Waals surface area contributed by atoms with Crippen LogP contribution in [-0.2, 0) is 14.3 Å². The summed E-state index contributed by atoms with van der Waals surface area (Å²) in [5.41, 5.74) is 4.90. The molecule has 0 spiro atoms. The lowest BCUT2D eigenvalue weighted by Gasteiger charge is -2.38. The van der Waals surface area contributed by atoms with E-state index in [-0.39, 0.29) is 12.5 Å². The molecule has 0 aromatic heterocycles. The molecule has 0 aromatic rings. The van der Waals surface area contributed by atoms with E-state index in [0.29, 0.717) is 19.7 Å². The molecule has 0 aliphatic carbocycles. The van der Waals surface area contributed by atoms with E-state index in [1.807, 2.05) is 6.92 Å². The molecule has 2 fully saturated rings. The predicted octanol–water partition coefficient (Wildman–Crippen LogP) is -1.30. The number of carbonyl (C=O) groups is 2. The van der Waals surface area contributed by atoms with Crippen LogP contribution < -0.4 is 11.1 Å². The van der Waals surface area contributed by atoms with Gasteiger partial charge < -0.3 is 20.7 Å². The van der Waals surface area contributed by atoms with Crippen LogP contribution in [0, 0.1) is 5.41 Å². The van der Waals surface area contributed by atoms with Gasteiger partial charge in [-0.2, -0.15) is 0 Å². The summed E-state index contributed by atoms with van der Waals surface area (Å²) in [7, 11) is 0. The van der Waals surface area contributed by atoms with E-state index in [1.165, 1.54) is 0 Å². The monoisotopic (exact) mass is 241 g/mol. The minimum Gasteiger partial charge on any atom is -0.377 e. The first-order chi connectivity index (χ1) is 8.04. The molecule has 2 rings (SSSR count). The fourth-order valence-electron chi connectivity index (χ4n) is 2.43. The smallest absolute Gasteiger partial charge is 0.242 e. The third-order valence-electron chi connectivity index (χ3n) is 3.60. The summed E-state index contributed by atoms with van der Waals surface area (Å²) in [4.78, 5) is 25.4. The van der Waals surface area contributed by atoms with Gasteiger partial charge in [-0.15, -0.1) is 0 Å². The molecular weight excluding hydrogens is 222 g/mol. The third kappa shape index (κ3) is 2.28. The summed E-state index contributed by atoms with van der Waals surface area (Å²) in [6, 6.07) is -0.617. The van der Waals surface area contributed by atoms with Gasteiger partial charge in [0.05, 0.1) is 18.6 Å². The number of ether oxygens (including phenoxy) is 1. The molecule has 0 radical (unpaired) electrons. The molecule has 3 N–H and O–H groups in total. The van der Waals surface area contributed by atoms with Gasteiger partial charge in [-0.25, -0.2) is 0 Å². The summed E-state index contributed by atoms with van der Waals surface area (Å²) in [5, 5.41) is 3.18. The number of hydrogen-bond donors (Lipinski definition) is 2. The summed E-state index contributed by atoms with van der Waals surface area (Å²) in [6.07, 6.45) is 0.800. The lowest BCUT2D eigenvalue weighted by Crippen LogP contribution is -2.58. The Balaban J connectivity index is 2.13. The number of amides is 2. The Bertz CT molecular complexity index is 326. The van der Waals surface area contributed by atoms with Crippen molar-refractivity contribution < 1.29 is 14.3 Å². The van der Waals surface area contributed by atoms with Crippen molar-refractivity contribution in [1.82, 2.24) is 10.2 Å². The van der Waals surface area contributed by atoms with E-state index in [2.05, 4.69) is 5.32 Å². The quantitative estimate of drug-likeness (QED) is 0.629. The minimum absolute atomic E-state index is 0.00889. The van der Waals surface area contributed by atoms with Gasteiger partial charge in [-0.1, -0.05) is 0 Å². The maximum atomic E-state index is 12.5. The average molecular weight is 241 g/mol. The van der Waals surface area contributed by atoms with Crippen LogP contribution in [0.3, 0.4) is 0 Å². The highest BCUT2D eigenvalue weighted by Crippen LogP contribution is 2.28. The fourth-order valence-corrected chi connectivity index (χ4v) is 2.43. The van der Waals surface area contributed by atoms with Crippen LogP contribution in [0.4, 0.5) is 0 Å². The van der Waals surface area contributed by atoms with Crippen LogP contribution in [0.25, 0.3) is 0 Å². The Morgan fingerprint density at radius 2 is 2.29 bits per heavy atom. The van der Waals surface area contributed by atoms with E-state index < -0.39 is 17.4 Å². The Kier molecular flexibility index (Phi) is 3.35. The van der Waals surface area contributed by atoms with Crippen molar-refractivity contribution in [3.05, 3.63) is 0 Å². The second-order valence-electron chi connectivity index (χ2n) is 4.98. The average Bonchev–Trinajstić information content (AvgIpc) is 2.76. The first kappa shape index (κ1) is 12.3. The molecule has 2 unspecified atom stereocenters. The molecule has 2 saturated heterocycles. The minimum atomic E-state index is -0.617. The lowest BCUT2D eigenvalue weighted by atomic mass is 9.87. The van der Waals surface area contributed by atoms with Crippen molar-refractivity contribution in [2.24, 2.45) is 11.1 Å². The van der Waals surface area contributed by atoms with Gasteiger partial charge in [0.1, 0.15) is 6.04 Å². The van der Waals surface area contributed by atoms with Gasteiger partial charge in [0.25, 0.3) is 0 Å². The van der Waals surface area contributed by atoms with Crippen LogP contribution in [0.1, 0.15) is 13.3 Å². The molecule has 17 heavy (non-hydrogen) atoms. The van der Waals surface area contributed by atoms with Crippen molar-refractivity contribution in [2.75, 3.05) is 32.8 Å². The van der Waals surface area contributed by atoms with Crippen LogP contribution >= 0.6 is 0 Å². The molecule has 2 atom stereocenters. The molecule has 0 aromatic carbocycles. The highest BCUT2D eigenvalue weighted by atomic mass is 16.5. The first-order valence-electron chi connectivity index (χ1n) is 5.93.